The summed E-state index contributed by atoms with van der Waals surface area (Å²) in [5.41, 5.74) is 3.89. The van der Waals surface area contributed by atoms with E-state index in [-0.39, 0.29) is 5.56 Å². The van der Waals surface area contributed by atoms with Crippen LogP contribution in [-0.4, -0.2) is 9.97 Å². The molecule has 0 saturated heterocycles. The summed E-state index contributed by atoms with van der Waals surface area (Å²) < 4.78 is 13.8. The SMILES string of the molecule is CCCCCc1ccc(-c2cnc(-c3ccc(C#N)c(F)c3)nc2)cc1. The second-order valence-electron chi connectivity index (χ2n) is 6.26. The average molecular weight is 345 g/mol. The van der Waals surface area contributed by atoms with Crippen LogP contribution in [0.2, 0.25) is 0 Å². The van der Waals surface area contributed by atoms with Crippen LogP contribution >= 0.6 is 0 Å². The van der Waals surface area contributed by atoms with E-state index in [0.29, 0.717) is 11.4 Å². The molecule has 26 heavy (non-hydrogen) atoms. The number of aryl methyl sites for hydroxylation is 1. The van der Waals surface area contributed by atoms with Gasteiger partial charge in [0, 0.05) is 23.5 Å². The van der Waals surface area contributed by atoms with Crippen molar-refractivity contribution in [2.75, 3.05) is 0 Å². The molecule has 1 aromatic heterocycles. The van der Waals surface area contributed by atoms with Crippen molar-refractivity contribution in [2.45, 2.75) is 32.6 Å². The number of unbranched alkanes of at least 4 members (excludes halogenated alkanes) is 2. The molecule has 0 amide bonds. The van der Waals surface area contributed by atoms with Crippen molar-refractivity contribution in [3.8, 4) is 28.6 Å². The number of hydrogen-bond acceptors (Lipinski definition) is 3. The average Bonchev–Trinajstić information content (AvgIpc) is 2.69. The summed E-state index contributed by atoms with van der Waals surface area (Å²) >= 11 is 0. The Bertz CT molecular complexity index is 910. The van der Waals surface area contributed by atoms with Gasteiger partial charge in [0.25, 0.3) is 0 Å². The highest BCUT2D eigenvalue weighted by Gasteiger charge is 2.07. The minimum absolute atomic E-state index is 0.0180. The highest BCUT2D eigenvalue weighted by atomic mass is 19.1. The van der Waals surface area contributed by atoms with Crippen molar-refractivity contribution in [1.29, 1.82) is 5.26 Å². The fraction of sp³-hybridized carbons (Fsp3) is 0.227. The van der Waals surface area contributed by atoms with Gasteiger partial charge in [-0.3, -0.25) is 0 Å². The Morgan fingerprint density at radius 1 is 0.923 bits per heavy atom. The first kappa shape index (κ1) is 17.8. The number of rotatable bonds is 6. The monoisotopic (exact) mass is 345 g/mol. The van der Waals surface area contributed by atoms with Crippen LogP contribution in [0.4, 0.5) is 4.39 Å². The lowest BCUT2D eigenvalue weighted by Crippen LogP contribution is -1.92. The van der Waals surface area contributed by atoms with Crippen LogP contribution in [0, 0.1) is 17.1 Å². The molecule has 0 radical (unpaired) electrons. The first-order valence-corrected chi connectivity index (χ1v) is 8.82. The Morgan fingerprint density at radius 2 is 1.62 bits per heavy atom. The summed E-state index contributed by atoms with van der Waals surface area (Å²) in [5, 5.41) is 8.80. The van der Waals surface area contributed by atoms with E-state index in [4.69, 9.17) is 5.26 Å². The lowest BCUT2D eigenvalue weighted by Gasteiger charge is -2.06. The zero-order valence-corrected chi connectivity index (χ0v) is 14.7. The van der Waals surface area contributed by atoms with Gasteiger partial charge in [-0.1, -0.05) is 44.0 Å². The van der Waals surface area contributed by atoms with Gasteiger partial charge >= 0.3 is 0 Å². The second-order valence-corrected chi connectivity index (χ2v) is 6.26. The molecule has 0 spiro atoms. The fourth-order valence-corrected chi connectivity index (χ4v) is 2.81. The zero-order chi connectivity index (χ0) is 18.4. The van der Waals surface area contributed by atoms with Crippen LogP contribution in [0.15, 0.2) is 54.9 Å². The maximum absolute atomic E-state index is 13.8. The van der Waals surface area contributed by atoms with Crippen LogP contribution in [0.5, 0.6) is 0 Å². The molecule has 3 aromatic rings. The highest BCUT2D eigenvalue weighted by Crippen LogP contribution is 2.22. The van der Waals surface area contributed by atoms with Crippen molar-refractivity contribution in [2.24, 2.45) is 0 Å². The molecule has 0 bridgehead atoms. The number of benzene rings is 2. The standard InChI is InChI=1S/C22H20FN3/c1-2-3-4-5-16-6-8-17(9-7-16)20-14-25-22(26-15-20)18-10-11-19(13-24)21(23)12-18/h6-12,14-15H,2-5H2,1H3. The van der Waals surface area contributed by atoms with Crippen molar-refractivity contribution in [3.05, 3.63) is 71.8 Å². The minimum atomic E-state index is -0.559. The molecule has 0 atom stereocenters. The number of nitrogens with zero attached hydrogens (tertiary/aromatic N) is 3. The molecule has 130 valence electrons. The smallest absolute Gasteiger partial charge is 0.159 e. The molecule has 0 fully saturated rings. The van der Waals surface area contributed by atoms with Gasteiger partial charge in [-0.25, -0.2) is 14.4 Å². The predicted molar refractivity (Wildman–Crippen MR) is 101 cm³/mol. The maximum Gasteiger partial charge on any atom is 0.159 e. The van der Waals surface area contributed by atoms with E-state index < -0.39 is 5.82 Å². The van der Waals surface area contributed by atoms with Crippen LogP contribution in [0.1, 0.15) is 37.3 Å². The maximum atomic E-state index is 13.8. The van der Waals surface area contributed by atoms with Gasteiger partial charge in [-0.05, 0) is 42.2 Å². The van der Waals surface area contributed by atoms with Gasteiger partial charge in [0.05, 0.1) is 5.56 Å². The minimum Gasteiger partial charge on any atom is -0.236 e. The van der Waals surface area contributed by atoms with Gasteiger partial charge in [-0.15, -0.1) is 0 Å². The molecule has 3 nitrogen and oxygen atoms in total. The second kappa shape index (κ2) is 8.35. The number of nitriles is 1. The number of aromatic nitrogens is 2. The molecule has 3 rings (SSSR count). The summed E-state index contributed by atoms with van der Waals surface area (Å²) in [6.07, 6.45) is 8.29. The number of hydrogen-bond donors (Lipinski definition) is 0. The lowest BCUT2D eigenvalue weighted by atomic mass is 10.0. The van der Waals surface area contributed by atoms with Gasteiger partial charge < -0.3 is 0 Å². The summed E-state index contributed by atoms with van der Waals surface area (Å²) in [5.74, 6) is -0.121. The van der Waals surface area contributed by atoms with E-state index in [1.165, 1.54) is 37.0 Å². The lowest BCUT2D eigenvalue weighted by molar-refractivity contribution is 0.624. The topological polar surface area (TPSA) is 49.6 Å². The Labute approximate surface area is 153 Å². The molecule has 0 aliphatic rings. The van der Waals surface area contributed by atoms with Crippen LogP contribution < -0.4 is 0 Å². The molecule has 0 unspecified atom stereocenters. The fourth-order valence-electron chi connectivity index (χ4n) is 2.81. The van der Waals surface area contributed by atoms with E-state index in [0.717, 1.165) is 17.5 Å². The van der Waals surface area contributed by atoms with E-state index in [1.54, 1.807) is 18.5 Å². The van der Waals surface area contributed by atoms with Gasteiger partial charge in [0.15, 0.2) is 5.82 Å². The quantitative estimate of drug-likeness (QED) is 0.550. The summed E-state index contributed by atoms with van der Waals surface area (Å²) in [4.78, 5) is 8.69. The molecular weight excluding hydrogens is 325 g/mol. The van der Waals surface area contributed by atoms with Gasteiger partial charge in [-0.2, -0.15) is 5.26 Å². The van der Waals surface area contributed by atoms with E-state index >= 15 is 0 Å². The summed E-state index contributed by atoms with van der Waals surface area (Å²) in [7, 11) is 0. The summed E-state index contributed by atoms with van der Waals surface area (Å²) in [6.45, 7) is 2.21. The Balaban J connectivity index is 1.75. The van der Waals surface area contributed by atoms with E-state index in [2.05, 4.69) is 41.2 Å². The third kappa shape index (κ3) is 4.12. The van der Waals surface area contributed by atoms with Crippen LogP contribution in [0.3, 0.4) is 0 Å². The zero-order valence-electron chi connectivity index (χ0n) is 14.7. The largest absolute Gasteiger partial charge is 0.236 e. The van der Waals surface area contributed by atoms with Crippen LogP contribution in [0.25, 0.3) is 22.5 Å². The Morgan fingerprint density at radius 3 is 2.23 bits per heavy atom. The van der Waals surface area contributed by atoms with Crippen LogP contribution in [-0.2, 0) is 6.42 Å². The molecular formula is C22H20FN3. The first-order chi connectivity index (χ1) is 12.7. The van der Waals surface area contributed by atoms with Crippen molar-refractivity contribution >= 4 is 0 Å². The number of halogens is 1. The van der Waals surface area contributed by atoms with E-state index in [1.807, 2.05) is 6.07 Å². The van der Waals surface area contributed by atoms with Crippen molar-refractivity contribution < 1.29 is 4.39 Å². The molecule has 0 N–H and O–H groups in total. The first-order valence-electron chi connectivity index (χ1n) is 8.82. The third-order valence-corrected chi connectivity index (χ3v) is 4.36. The molecule has 1 heterocycles. The molecule has 0 aliphatic carbocycles. The molecule has 2 aromatic carbocycles. The predicted octanol–water partition coefficient (Wildman–Crippen LogP) is 5.55. The van der Waals surface area contributed by atoms with Crippen molar-refractivity contribution in [3.63, 3.8) is 0 Å². The Hall–Kier alpha value is -3.06. The molecule has 0 saturated carbocycles. The highest BCUT2D eigenvalue weighted by molar-refractivity contribution is 5.64. The van der Waals surface area contributed by atoms with Gasteiger partial charge in [0.1, 0.15) is 11.9 Å². The van der Waals surface area contributed by atoms with E-state index in [9.17, 15) is 4.39 Å². The van der Waals surface area contributed by atoms with Gasteiger partial charge in [0.2, 0.25) is 0 Å². The Kier molecular flexibility index (Phi) is 5.70. The summed E-state index contributed by atoms with van der Waals surface area (Å²) in [6, 6.07) is 14.7. The van der Waals surface area contributed by atoms with Crippen molar-refractivity contribution in [1.82, 2.24) is 9.97 Å². The third-order valence-electron chi connectivity index (χ3n) is 4.36. The molecule has 0 aliphatic heterocycles. The normalized spacial score (nSPS) is 10.5. The molecule has 4 heteroatoms.